The van der Waals surface area contributed by atoms with Crippen molar-refractivity contribution in [3.05, 3.63) is 57.6 Å². The van der Waals surface area contributed by atoms with E-state index in [9.17, 15) is 0 Å². The van der Waals surface area contributed by atoms with Gasteiger partial charge in [-0.25, -0.2) is 4.57 Å². The van der Waals surface area contributed by atoms with Gasteiger partial charge in [0.25, 0.3) is 0 Å². The fourth-order valence-corrected chi connectivity index (χ4v) is 7.24. The second-order valence-corrected chi connectivity index (χ2v) is 18.6. The van der Waals surface area contributed by atoms with Gasteiger partial charge in [-0.3, -0.25) is 4.52 Å². The summed E-state index contributed by atoms with van der Waals surface area (Å²) in [5.74, 6) is 1.16. The molecule has 2 radical (unpaired) electrons. The monoisotopic (exact) mass is 614 g/mol. The van der Waals surface area contributed by atoms with E-state index in [2.05, 4.69) is 131 Å². The predicted octanol–water partition coefficient (Wildman–Crippen LogP) is 9.78. The first-order chi connectivity index (χ1) is 18.4. The molecule has 42 heavy (non-hydrogen) atoms. The van der Waals surface area contributed by atoms with Gasteiger partial charge in [-0.2, -0.15) is 0 Å². The van der Waals surface area contributed by atoms with Crippen molar-refractivity contribution in [1.29, 1.82) is 0 Å². The molecule has 2 N–H and O–H groups in total. The lowest BCUT2D eigenvalue weighted by atomic mass is 9.74. The summed E-state index contributed by atoms with van der Waals surface area (Å²) < 4.78 is 34.0. The SMILES string of the molecule is CC[C]([Al])(CC)OP1(=O)Oc2c(cc(C(C)(C)C)cc2C(C)(C)C)C(C)c2cc(C(C)(C)C)cc(C(C)(C)C)c2O1.O. The lowest BCUT2D eigenvalue weighted by Crippen LogP contribution is -2.33. The van der Waals surface area contributed by atoms with Gasteiger partial charge in [-0.1, -0.05) is 128 Å². The van der Waals surface area contributed by atoms with Gasteiger partial charge in [0, 0.05) is 32.6 Å². The molecule has 2 aromatic carbocycles. The van der Waals surface area contributed by atoms with E-state index in [4.69, 9.17) is 13.6 Å². The van der Waals surface area contributed by atoms with Gasteiger partial charge >= 0.3 is 7.82 Å². The third-order valence-electron chi connectivity index (χ3n) is 8.41. The molecule has 0 aromatic heterocycles. The number of phosphoric acid groups is 1. The van der Waals surface area contributed by atoms with Crippen LogP contribution in [0.2, 0.25) is 0 Å². The zero-order valence-corrected chi connectivity index (χ0v) is 31.0. The number of phosphoric ester groups is 1. The van der Waals surface area contributed by atoms with Crippen molar-refractivity contribution in [3.8, 4) is 11.5 Å². The Balaban J connectivity index is 0.00000616. The Bertz CT molecular complexity index is 1240. The van der Waals surface area contributed by atoms with Crippen LogP contribution in [0.25, 0.3) is 0 Å². The minimum atomic E-state index is -4.16. The molecule has 0 atom stereocenters. The predicted molar refractivity (Wildman–Crippen MR) is 178 cm³/mol. The molecule has 0 amide bonds. The van der Waals surface area contributed by atoms with Crippen LogP contribution in [0.1, 0.15) is 156 Å². The van der Waals surface area contributed by atoms with Crippen LogP contribution in [-0.2, 0) is 30.7 Å². The molecule has 1 aliphatic heterocycles. The Hall–Kier alpha value is -1.28. The molecule has 5 nitrogen and oxygen atoms in total. The molecular weight excluding hydrogens is 558 g/mol. The first kappa shape index (κ1) is 36.9. The van der Waals surface area contributed by atoms with Crippen LogP contribution >= 0.6 is 7.82 Å². The molecule has 0 unspecified atom stereocenters. The van der Waals surface area contributed by atoms with E-state index in [0.29, 0.717) is 24.3 Å². The maximum Gasteiger partial charge on any atom is 0.586 e. The molecule has 1 heterocycles. The van der Waals surface area contributed by atoms with E-state index < -0.39 is 12.3 Å². The topological polar surface area (TPSA) is 76.3 Å². The van der Waals surface area contributed by atoms with Gasteiger partial charge in [0.15, 0.2) is 16.3 Å². The van der Waals surface area contributed by atoms with Crippen LogP contribution in [0.5, 0.6) is 11.5 Å². The molecule has 0 spiro atoms. The Morgan fingerprint density at radius 3 is 1.29 bits per heavy atom. The van der Waals surface area contributed by atoms with E-state index in [-0.39, 0.29) is 33.1 Å². The highest BCUT2D eigenvalue weighted by Gasteiger charge is 2.45. The lowest BCUT2D eigenvalue weighted by molar-refractivity contribution is 0.100. The molecule has 1 aliphatic rings. The highest BCUT2D eigenvalue weighted by Crippen LogP contribution is 2.61. The molecular formula is C35H56AlO5P. The Morgan fingerprint density at radius 1 is 0.690 bits per heavy atom. The third-order valence-corrected chi connectivity index (χ3v) is 10.9. The van der Waals surface area contributed by atoms with Crippen LogP contribution < -0.4 is 9.05 Å². The second-order valence-electron chi connectivity index (χ2n) is 16.1. The summed E-state index contributed by atoms with van der Waals surface area (Å²) in [6.07, 6.45) is 1.29. The first-order valence-electron chi connectivity index (χ1n) is 15.2. The highest BCUT2D eigenvalue weighted by atomic mass is 31.2. The lowest BCUT2D eigenvalue weighted by Gasteiger charge is -2.39. The zero-order valence-electron chi connectivity index (χ0n) is 29.0. The molecule has 0 bridgehead atoms. The van der Waals surface area contributed by atoms with Crippen molar-refractivity contribution in [1.82, 2.24) is 0 Å². The van der Waals surface area contributed by atoms with Crippen molar-refractivity contribution in [2.75, 3.05) is 0 Å². The van der Waals surface area contributed by atoms with Crippen molar-refractivity contribution < 1.29 is 23.6 Å². The molecule has 0 fully saturated rings. The van der Waals surface area contributed by atoms with Crippen LogP contribution in [0.15, 0.2) is 24.3 Å². The third kappa shape index (κ3) is 7.68. The average molecular weight is 615 g/mol. The summed E-state index contributed by atoms with van der Waals surface area (Å²) in [5, 5.41) is 0. The molecule has 0 saturated heterocycles. The average Bonchev–Trinajstić information content (AvgIpc) is 2.79. The van der Waals surface area contributed by atoms with E-state index in [0.717, 1.165) is 22.3 Å². The van der Waals surface area contributed by atoms with Crippen molar-refractivity contribution in [2.45, 2.75) is 149 Å². The quantitative estimate of drug-likeness (QED) is 0.254. The summed E-state index contributed by atoms with van der Waals surface area (Å²) >= 11 is 2.76. The molecule has 2 aromatic rings. The van der Waals surface area contributed by atoms with Crippen molar-refractivity contribution in [2.24, 2.45) is 0 Å². The van der Waals surface area contributed by atoms with Gasteiger partial charge in [0.05, 0.1) is 0 Å². The molecule has 234 valence electrons. The maximum absolute atomic E-state index is 15.0. The zero-order chi connectivity index (χ0) is 31.6. The Morgan fingerprint density at radius 2 is 1.02 bits per heavy atom. The van der Waals surface area contributed by atoms with Crippen LogP contribution in [0, 0.1) is 0 Å². The second kappa shape index (κ2) is 11.9. The fraction of sp³-hybridized carbons (Fsp3) is 0.657. The maximum atomic E-state index is 15.0. The van der Waals surface area contributed by atoms with Crippen molar-refractivity contribution in [3.63, 3.8) is 0 Å². The van der Waals surface area contributed by atoms with E-state index in [1.54, 1.807) is 0 Å². The standard InChI is InChI=1S/C35H54O4P.Al.H2O/c1-16-25(17-2)37-40(36)38-30-26(18-23(32(4,5)6)20-28(30)34(10,11)12)22(3)27-19-24(33(7,8)9)21-29(31(27)39-40)35(13,14)15;;/h18-22H,16-17H2,1-15H3;;1H2. The van der Waals surface area contributed by atoms with E-state index >= 15 is 4.57 Å². The number of benzene rings is 2. The fourth-order valence-electron chi connectivity index (χ4n) is 5.18. The largest absolute Gasteiger partial charge is 0.586 e. The van der Waals surface area contributed by atoms with Crippen LogP contribution in [0.4, 0.5) is 0 Å². The highest BCUT2D eigenvalue weighted by molar-refractivity contribution is 7.49. The number of hydrogen-bond acceptors (Lipinski definition) is 4. The van der Waals surface area contributed by atoms with Gasteiger partial charge in [0.2, 0.25) is 0 Å². The first-order valence-corrected chi connectivity index (χ1v) is 17.3. The van der Waals surface area contributed by atoms with Gasteiger partial charge in [0.1, 0.15) is 11.5 Å². The summed E-state index contributed by atoms with van der Waals surface area (Å²) in [4.78, 5) is 0. The molecule has 0 saturated carbocycles. The van der Waals surface area contributed by atoms with Gasteiger partial charge < -0.3 is 14.5 Å². The summed E-state index contributed by atoms with van der Waals surface area (Å²) in [6.45, 7) is 32.8. The smallest absolute Gasteiger partial charge is 0.412 e. The Kier molecular flexibility index (Phi) is 10.5. The molecule has 7 heteroatoms. The van der Waals surface area contributed by atoms with Gasteiger partial charge in [-0.05, 0) is 45.6 Å². The normalized spacial score (nSPS) is 19.8. The minimum Gasteiger partial charge on any atom is -0.412 e. The van der Waals surface area contributed by atoms with Crippen LogP contribution in [0.3, 0.4) is 0 Å². The number of hydrogen-bond donors (Lipinski definition) is 0. The molecule has 3 rings (SSSR count). The summed E-state index contributed by atoms with van der Waals surface area (Å²) in [6, 6.07) is 8.95. The van der Waals surface area contributed by atoms with Gasteiger partial charge in [-0.15, -0.1) is 0 Å². The summed E-state index contributed by atoms with van der Waals surface area (Å²) in [5.41, 5.74) is 5.79. The van der Waals surface area contributed by atoms with E-state index in [1.165, 1.54) is 11.1 Å². The Labute approximate surface area is 264 Å². The van der Waals surface area contributed by atoms with Crippen LogP contribution in [-0.4, -0.2) is 26.2 Å². The minimum absolute atomic E-state index is 0. The summed E-state index contributed by atoms with van der Waals surface area (Å²) in [7, 11) is -4.16. The number of fused-ring (bicyclic) bond motifs is 2. The van der Waals surface area contributed by atoms with Crippen molar-refractivity contribution >= 4 is 24.1 Å². The van der Waals surface area contributed by atoms with E-state index in [1.807, 2.05) is 13.8 Å². The molecule has 0 aliphatic carbocycles. The number of rotatable bonds is 4.